The Morgan fingerprint density at radius 1 is 1.18 bits per heavy atom. The van der Waals surface area contributed by atoms with E-state index in [4.69, 9.17) is 4.74 Å². The maximum Gasteiger partial charge on any atom is 0.421 e. The van der Waals surface area contributed by atoms with Gasteiger partial charge in [0.1, 0.15) is 11.3 Å². The number of carboxylic acid groups (broad SMARTS) is 1. The largest absolute Gasteiger partial charge is 0.478 e. The summed E-state index contributed by atoms with van der Waals surface area (Å²) in [5.41, 5.74) is -0.844. The number of nitrogens with one attached hydrogen (secondary N) is 1. The molecule has 1 amide bonds. The second-order valence-electron chi connectivity index (χ2n) is 9.60. The van der Waals surface area contributed by atoms with E-state index >= 15 is 0 Å². The van der Waals surface area contributed by atoms with Gasteiger partial charge in [-0.1, -0.05) is 31.0 Å². The van der Waals surface area contributed by atoms with Gasteiger partial charge in [0.05, 0.1) is 11.3 Å². The number of aromatic amines is 1. The Hall–Kier alpha value is -3.54. The van der Waals surface area contributed by atoms with Crippen LogP contribution in [-0.4, -0.2) is 38.0 Å². The van der Waals surface area contributed by atoms with Crippen LogP contribution in [0.2, 0.25) is 0 Å². The first-order valence-electron chi connectivity index (χ1n) is 12.6. The molecule has 0 radical (unpaired) electrons. The van der Waals surface area contributed by atoms with E-state index in [1.165, 1.54) is 35.0 Å². The summed E-state index contributed by atoms with van der Waals surface area (Å²) in [5.74, 6) is -2.31. The number of nitrogens with zero attached hydrogens (tertiary/aromatic N) is 3. The standard InChI is InChI=1S/C27H29F3N4O4S/c1-16(2)34(24(35)18-6-4-3-5-7-18)22-9-8-19(13-20(22)25(36)37)38-23-21(27(28,29)30)12-17(14-33-23)15-39-26-31-10-11-32-26/h8-14,16,18H,3-7,15H2,1-2H3,(H,31,32)(H,36,37). The summed E-state index contributed by atoms with van der Waals surface area (Å²) in [6.07, 6.45) is 4.10. The first kappa shape index (κ1) is 28.5. The Morgan fingerprint density at radius 2 is 1.92 bits per heavy atom. The Kier molecular flexibility index (Phi) is 8.83. The Balaban J connectivity index is 1.62. The normalized spacial score (nSPS) is 14.4. The lowest BCUT2D eigenvalue weighted by Gasteiger charge is -2.33. The van der Waals surface area contributed by atoms with E-state index in [9.17, 15) is 27.9 Å². The van der Waals surface area contributed by atoms with E-state index in [1.54, 1.807) is 26.2 Å². The number of imidazole rings is 1. The van der Waals surface area contributed by atoms with Crippen LogP contribution in [0, 0.1) is 5.92 Å². The summed E-state index contributed by atoms with van der Waals surface area (Å²) in [6.45, 7) is 3.59. The van der Waals surface area contributed by atoms with Crippen LogP contribution >= 0.6 is 11.8 Å². The molecule has 1 aliphatic rings. The Bertz CT molecular complexity index is 1310. The van der Waals surface area contributed by atoms with Gasteiger partial charge >= 0.3 is 12.1 Å². The molecule has 1 saturated carbocycles. The van der Waals surface area contributed by atoms with Crippen molar-refractivity contribution in [2.75, 3.05) is 4.90 Å². The smallest absolute Gasteiger partial charge is 0.421 e. The predicted octanol–water partition coefficient (Wildman–Crippen LogP) is 6.93. The number of benzene rings is 1. The van der Waals surface area contributed by atoms with E-state index in [-0.39, 0.29) is 40.6 Å². The molecule has 0 bridgehead atoms. The number of H-pyrrole nitrogens is 1. The molecule has 3 aromatic rings. The quantitative estimate of drug-likeness (QED) is 0.272. The van der Waals surface area contributed by atoms with Crippen molar-refractivity contribution in [3.05, 3.63) is 59.5 Å². The first-order chi connectivity index (χ1) is 18.5. The molecule has 1 fully saturated rings. The fourth-order valence-corrected chi connectivity index (χ4v) is 5.36. The average molecular weight is 563 g/mol. The van der Waals surface area contributed by atoms with Gasteiger partial charge in [-0.2, -0.15) is 13.2 Å². The summed E-state index contributed by atoms with van der Waals surface area (Å²) < 4.78 is 47.2. The van der Waals surface area contributed by atoms with Crippen LogP contribution in [0.3, 0.4) is 0 Å². The summed E-state index contributed by atoms with van der Waals surface area (Å²) in [4.78, 5) is 37.8. The van der Waals surface area contributed by atoms with Crippen LogP contribution in [0.15, 0.2) is 48.0 Å². The molecule has 208 valence electrons. The topological polar surface area (TPSA) is 108 Å². The van der Waals surface area contributed by atoms with Crippen LogP contribution in [0.1, 0.15) is 67.4 Å². The van der Waals surface area contributed by atoms with Crippen molar-refractivity contribution in [3.8, 4) is 11.6 Å². The van der Waals surface area contributed by atoms with Crippen LogP contribution in [0.5, 0.6) is 11.6 Å². The van der Waals surface area contributed by atoms with Gasteiger partial charge in [0.25, 0.3) is 0 Å². The minimum atomic E-state index is -4.76. The summed E-state index contributed by atoms with van der Waals surface area (Å²) in [7, 11) is 0. The molecule has 4 rings (SSSR count). The molecule has 1 aromatic carbocycles. The number of hydrogen-bond acceptors (Lipinski definition) is 6. The van der Waals surface area contributed by atoms with Crippen molar-refractivity contribution < 1.29 is 32.6 Å². The van der Waals surface area contributed by atoms with Crippen LogP contribution in [-0.2, 0) is 16.7 Å². The summed E-state index contributed by atoms with van der Waals surface area (Å²) in [5, 5.41) is 10.5. The van der Waals surface area contributed by atoms with Gasteiger partial charge in [-0.25, -0.2) is 14.8 Å². The van der Waals surface area contributed by atoms with E-state index in [1.807, 2.05) is 0 Å². The lowest BCUT2D eigenvalue weighted by Crippen LogP contribution is -2.42. The Morgan fingerprint density at radius 3 is 2.54 bits per heavy atom. The van der Waals surface area contributed by atoms with Gasteiger partial charge in [0.2, 0.25) is 11.8 Å². The van der Waals surface area contributed by atoms with Crippen molar-refractivity contribution in [2.24, 2.45) is 5.92 Å². The molecule has 0 saturated heterocycles. The summed E-state index contributed by atoms with van der Waals surface area (Å²) >= 11 is 1.22. The van der Waals surface area contributed by atoms with E-state index in [0.29, 0.717) is 10.7 Å². The van der Waals surface area contributed by atoms with Crippen LogP contribution in [0.25, 0.3) is 0 Å². The van der Waals surface area contributed by atoms with Gasteiger partial charge in [-0.15, -0.1) is 0 Å². The lowest BCUT2D eigenvalue weighted by atomic mass is 9.87. The number of amides is 1. The minimum absolute atomic E-state index is 0.138. The predicted molar refractivity (Wildman–Crippen MR) is 140 cm³/mol. The van der Waals surface area contributed by atoms with Gasteiger partial charge in [-0.3, -0.25) is 4.79 Å². The van der Waals surface area contributed by atoms with Gasteiger partial charge in [-0.05, 0) is 56.5 Å². The maximum atomic E-state index is 13.9. The highest BCUT2D eigenvalue weighted by atomic mass is 32.2. The molecule has 39 heavy (non-hydrogen) atoms. The number of rotatable bonds is 9. The molecule has 0 atom stereocenters. The number of pyridine rings is 1. The van der Waals surface area contributed by atoms with Gasteiger partial charge in [0, 0.05) is 36.3 Å². The molecule has 1 aliphatic carbocycles. The highest BCUT2D eigenvalue weighted by molar-refractivity contribution is 7.98. The zero-order chi connectivity index (χ0) is 28.2. The van der Waals surface area contributed by atoms with E-state index < -0.39 is 23.6 Å². The zero-order valence-electron chi connectivity index (χ0n) is 21.5. The molecule has 0 unspecified atom stereocenters. The maximum absolute atomic E-state index is 13.9. The fourth-order valence-electron chi connectivity index (χ4n) is 4.61. The average Bonchev–Trinajstić information content (AvgIpc) is 3.42. The molecule has 0 aliphatic heterocycles. The summed E-state index contributed by atoms with van der Waals surface area (Å²) in [6, 6.07) is 4.52. The van der Waals surface area contributed by atoms with Crippen molar-refractivity contribution in [1.82, 2.24) is 15.0 Å². The number of halogens is 3. The number of hydrogen-bond donors (Lipinski definition) is 2. The first-order valence-corrected chi connectivity index (χ1v) is 13.6. The third-order valence-electron chi connectivity index (χ3n) is 6.44. The van der Waals surface area contributed by atoms with Crippen molar-refractivity contribution >= 4 is 29.3 Å². The monoisotopic (exact) mass is 562 g/mol. The lowest BCUT2D eigenvalue weighted by molar-refractivity contribution is -0.139. The van der Waals surface area contributed by atoms with E-state index in [2.05, 4.69) is 15.0 Å². The number of alkyl halides is 3. The van der Waals surface area contributed by atoms with Crippen LogP contribution < -0.4 is 9.64 Å². The number of aromatic nitrogens is 3. The number of ether oxygens (including phenoxy) is 1. The molecule has 2 heterocycles. The highest BCUT2D eigenvalue weighted by Crippen LogP contribution is 2.39. The van der Waals surface area contributed by atoms with Crippen LogP contribution in [0.4, 0.5) is 18.9 Å². The second-order valence-corrected chi connectivity index (χ2v) is 10.6. The number of carbonyl (C=O) groups is 2. The van der Waals surface area contributed by atoms with Crippen molar-refractivity contribution in [1.29, 1.82) is 0 Å². The second kappa shape index (κ2) is 12.1. The molecular weight excluding hydrogens is 533 g/mol. The zero-order valence-corrected chi connectivity index (χ0v) is 22.3. The SMILES string of the molecule is CC(C)N(C(=O)C1CCCCC1)c1ccc(Oc2ncc(CSc3ncc[nH]3)cc2C(F)(F)F)cc1C(=O)O. The number of thioether (sulfide) groups is 1. The molecule has 2 aromatic heterocycles. The molecule has 12 heteroatoms. The molecule has 8 nitrogen and oxygen atoms in total. The third kappa shape index (κ3) is 6.92. The number of carbonyl (C=O) groups excluding carboxylic acids is 1. The highest BCUT2D eigenvalue weighted by Gasteiger charge is 2.36. The van der Waals surface area contributed by atoms with Crippen molar-refractivity contribution in [2.45, 2.75) is 69.1 Å². The third-order valence-corrected chi connectivity index (χ3v) is 7.42. The number of carboxylic acids is 1. The van der Waals surface area contributed by atoms with Crippen molar-refractivity contribution in [3.63, 3.8) is 0 Å². The van der Waals surface area contributed by atoms with Gasteiger partial charge in [0.15, 0.2) is 5.16 Å². The van der Waals surface area contributed by atoms with Gasteiger partial charge < -0.3 is 19.7 Å². The number of anilines is 1. The molecular formula is C27H29F3N4O4S. The number of aromatic carboxylic acids is 1. The minimum Gasteiger partial charge on any atom is -0.478 e. The Labute approximate surface area is 228 Å². The molecule has 0 spiro atoms. The van der Waals surface area contributed by atoms with E-state index in [0.717, 1.165) is 44.2 Å². The molecule has 2 N–H and O–H groups in total. The fraction of sp³-hybridized carbons (Fsp3) is 0.407.